The van der Waals surface area contributed by atoms with Crippen molar-refractivity contribution in [2.75, 3.05) is 0 Å². The van der Waals surface area contributed by atoms with Crippen LogP contribution in [0.3, 0.4) is 0 Å². The van der Waals surface area contributed by atoms with Gasteiger partial charge in [0.15, 0.2) is 0 Å². The second kappa shape index (κ2) is 6.76. The zero-order valence-corrected chi connectivity index (χ0v) is 11.1. The van der Waals surface area contributed by atoms with E-state index in [1.54, 1.807) is 0 Å². The molecule has 0 fully saturated rings. The summed E-state index contributed by atoms with van der Waals surface area (Å²) < 4.78 is 0. The summed E-state index contributed by atoms with van der Waals surface area (Å²) in [5, 5.41) is 13.6. The van der Waals surface area contributed by atoms with E-state index in [-0.39, 0.29) is 22.3 Å². The molecule has 19 heavy (non-hydrogen) atoms. The maximum absolute atomic E-state index is 12.1. The van der Waals surface area contributed by atoms with Crippen LogP contribution in [0, 0.1) is 22.5 Å². The van der Waals surface area contributed by atoms with Crippen LogP contribution in [0.2, 0.25) is 5.02 Å². The van der Waals surface area contributed by atoms with Crippen molar-refractivity contribution in [2.24, 2.45) is 0 Å². The molecule has 1 rings (SSSR count). The second-order valence-electron chi connectivity index (χ2n) is 3.88. The number of hydrogen-bond acceptors (Lipinski definition) is 3. The Morgan fingerprint density at radius 1 is 1.63 bits per heavy atom. The van der Waals surface area contributed by atoms with E-state index in [4.69, 9.17) is 18.0 Å². The largest absolute Gasteiger partial charge is 0.348 e. The van der Waals surface area contributed by atoms with E-state index >= 15 is 0 Å². The van der Waals surface area contributed by atoms with Gasteiger partial charge in [-0.1, -0.05) is 24.6 Å². The molecule has 1 atom stereocenters. The standard InChI is InChI=1S/C13H13ClN2O3/c1-3-6-9(4-2)15-13(17)12-10(14)7-5-8-11(12)16(18)19/h1,5,7-9H,4,6H2,2H3,(H,15,17). The SMILES string of the molecule is C#CCC(CC)NC(=O)c1c(Cl)cccc1[N+](=O)[O-]. The molecule has 0 aliphatic heterocycles. The fourth-order valence-electron chi connectivity index (χ4n) is 1.59. The number of nitro groups is 1. The van der Waals surface area contributed by atoms with Crippen molar-refractivity contribution >= 4 is 23.2 Å². The molecule has 1 unspecified atom stereocenters. The first kappa shape index (κ1) is 15.0. The van der Waals surface area contributed by atoms with Gasteiger partial charge < -0.3 is 5.32 Å². The number of halogens is 1. The molecule has 0 heterocycles. The van der Waals surface area contributed by atoms with Crippen LogP contribution in [0.25, 0.3) is 0 Å². The van der Waals surface area contributed by atoms with Gasteiger partial charge in [-0.3, -0.25) is 14.9 Å². The number of nitro benzene ring substituents is 1. The van der Waals surface area contributed by atoms with E-state index in [9.17, 15) is 14.9 Å². The van der Waals surface area contributed by atoms with Gasteiger partial charge in [-0.05, 0) is 12.5 Å². The summed E-state index contributed by atoms with van der Waals surface area (Å²) in [6.45, 7) is 1.86. The highest BCUT2D eigenvalue weighted by Crippen LogP contribution is 2.26. The minimum Gasteiger partial charge on any atom is -0.348 e. The van der Waals surface area contributed by atoms with E-state index in [0.29, 0.717) is 12.8 Å². The Kier molecular flexibility index (Phi) is 5.34. The number of nitrogens with zero attached hydrogens (tertiary/aromatic N) is 1. The van der Waals surface area contributed by atoms with Gasteiger partial charge in [0.05, 0.1) is 9.95 Å². The van der Waals surface area contributed by atoms with E-state index < -0.39 is 10.8 Å². The Morgan fingerprint density at radius 3 is 2.84 bits per heavy atom. The van der Waals surface area contributed by atoms with Crippen LogP contribution in [-0.2, 0) is 0 Å². The lowest BCUT2D eigenvalue weighted by atomic mass is 10.1. The minimum atomic E-state index is -0.636. The molecule has 0 saturated heterocycles. The second-order valence-corrected chi connectivity index (χ2v) is 4.29. The number of carbonyl (C=O) groups excluding carboxylic acids is 1. The minimum absolute atomic E-state index is 0.0438. The van der Waals surface area contributed by atoms with Crippen molar-refractivity contribution in [3.63, 3.8) is 0 Å². The van der Waals surface area contributed by atoms with Gasteiger partial charge in [0.25, 0.3) is 11.6 Å². The molecule has 0 aliphatic rings. The molecule has 5 nitrogen and oxygen atoms in total. The van der Waals surface area contributed by atoms with Crippen molar-refractivity contribution in [1.82, 2.24) is 5.32 Å². The van der Waals surface area contributed by atoms with Gasteiger partial charge in [0, 0.05) is 18.5 Å². The molecule has 1 aromatic rings. The Hall–Kier alpha value is -2.06. The smallest absolute Gasteiger partial charge is 0.283 e. The van der Waals surface area contributed by atoms with Gasteiger partial charge in [0.1, 0.15) is 5.56 Å². The summed E-state index contributed by atoms with van der Waals surface area (Å²) in [4.78, 5) is 22.3. The molecule has 1 aromatic carbocycles. The fraction of sp³-hybridized carbons (Fsp3) is 0.308. The lowest BCUT2D eigenvalue weighted by Crippen LogP contribution is -2.34. The van der Waals surface area contributed by atoms with Crippen molar-refractivity contribution < 1.29 is 9.72 Å². The molecule has 100 valence electrons. The molecular formula is C13H13ClN2O3. The Labute approximate surface area is 116 Å². The summed E-state index contributed by atoms with van der Waals surface area (Å²) in [6.07, 6.45) is 6.19. The van der Waals surface area contributed by atoms with Crippen LogP contribution >= 0.6 is 11.6 Å². The molecular weight excluding hydrogens is 268 g/mol. The van der Waals surface area contributed by atoms with E-state index in [1.807, 2.05) is 6.92 Å². The van der Waals surface area contributed by atoms with Crippen LogP contribution in [0.15, 0.2) is 18.2 Å². The topological polar surface area (TPSA) is 72.2 Å². The molecule has 1 amide bonds. The normalized spacial score (nSPS) is 11.4. The van der Waals surface area contributed by atoms with Crippen LogP contribution in [0.1, 0.15) is 30.1 Å². The van der Waals surface area contributed by atoms with Crippen molar-refractivity contribution in [3.05, 3.63) is 38.9 Å². The summed E-state index contributed by atoms with van der Waals surface area (Å²) in [5.74, 6) is 1.86. The van der Waals surface area contributed by atoms with Gasteiger partial charge in [-0.25, -0.2) is 0 Å². The average molecular weight is 281 g/mol. The molecule has 0 aliphatic carbocycles. The molecule has 0 bridgehead atoms. The Balaban J connectivity index is 3.06. The molecule has 0 spiro atoms. The number of benzene rings is 1. The quantitative estimate of drug-likeness (QED) is 0.512. The third-order valence-corrected chi connectivity index (χ3v) is 2.92. The van der Waals surface area contributed by atoms with Crippen molar-refractivity contribution in [2.45, 2.75) is 25.8 Å². The highest BCUT2D eigenvalue weighted by molar-refractivity contribution is 6.34. The number of terminal acetylenes is 1. The first-order valence-electron chi connectivity index (χ1n) is 5.68. The van der Waals surface area contributed by atoms with Crippen LogP contribution in [0.4, 0.5) is 5.69 Å². The maximum Gasteiger partial charge on any atom is 0.283 e. The zero-order chi connectivity index (χ0) is 14.4. The lowest BCUT2D eigenvalue weighted by Gasteiger charge is -2.14. The van der Waals surface area contributed by atoms with Gasteiger partial charge >= 0.3 is 0 Å². The van der Waals surface area contributed by atoms with Gasteiger partial charge in [0.2, 0.25) is 0 Å². The average Bonchev–Trinajstić information content (AvgIpc) is 2.37. The molecule has 0 saturated carbocycles. The van der Waals surface area contributed by atoms with Gasteiger partial charge in [-0.15, -0.1) is 12.3 Å². The molecule has 0 aromatic heterocycles. The zero-order valence-electron chi connectivity index (χ0n) is 10.4. The summed E-state index contributed by atoms with van der Waals surface area (Å²) in [5.41, 5.74) is -0.454. The lowest BCUT2D eigenvalue weighted by molar-refractivity contribution is -0.385. The van der Waals surface area contributed by atoms with Crippen LogP contribution in [0.5, 0.6) is 0 Å². The number of carbonyl (C=O) groups is 1. The van der Waals surface area contributed by atoms with Crippen molar-refractivity contribution in [1.29, 1.82) is 0 Å². The van der Waals surface area contributed by atoms with Crippen molar-refractivity contribution in [3.8, 4) is 12.3 Å². The summed E-state index contributed by atoms with van der Waals surface area (Å²) in [6, 6.07) is 3.87. The predicted octanol–water partition coefficient (Wildman–Crippen LogP) is 2.78. The third kappa shape index (κ3) is 3.70. The Morgan fingerprint density at radius 2 is 2.32 bits per heavy atom. The number of hydrogen-bond donors (Lipinski definition) is 1. The third-order valence-electron chi connectivity index (χ3n) is 2.61. The summed E-state index contributed by atoms with van der Waals surface area (Å²) in [7, 11) is 0. The van der Waals surface area contributed by atoms with E-state index in [2.05, 4.69) is 11.2 Å². The highest BCUT2D eigenvalue weighted by Gasteiger charge is 2.24. The Bertz CT molecular complexity index is 537. The summed E-state index contributed by atoms with van der Waals surface area (Å²) >= 11 is 5.87. The molecule has 0 radical (unpaired) electrons. The highest BCUT2D eigenvalue weighted by atomic mass is 35.5. The van der Waals surface area contributed by atoms with Gasteiger partial charge in [-0.2, -0.15) is 0 Å². The first-order valence-corrected chi connectivity index (χ1v) is 6.06. The van der Waals surface area contributed by atoms with E-state index in [1.165, 1.54) is 18.2 Å². The fourth-order valence-corrected chi connectivity index (χ4v) is 1.84. The van der Waals surface area contributed by atoms with Crippen LogP contribution in [-0.4, -0.2) is 16.9 Å². The maximum atomic E-state index is 12.1. The first-order chi connectivity index (χ1) is 9.01. The molecule has 1 N–H and O–H groups in total. The van der Waals surface area contributed by atoms with Crippen LogP contribution < -0.4 is 5.32 Å². The molecule has 6 heteroatoms. The van der Waals surface area contributed by atoms with E-state index in [0.717, 1.165) is 0 Å². The number of nitrogens with one attached hydrogen (secondary N) is 1. The number of rotatable bonds is 5. The predicted molar refractivity (Wildman–Crippen MR) is 73.1 cm³/mol. The monoisotopic (exact) mass is 280 g/mol. The number of amides is 1.